The first-order chi connectivity index (χ1) is 4.72. The predicted molar refractivity (Wildman–Crippen MR) is 42.4 cm³/mol. The third-order valence-corrected chi connectivity index (χ3v) is 1.28. The molecule has 0 aliphatic rings. The van der Waals surface area contributed by atoms with E-state index in [1.54, 1.807) is 0 Å². The number of rotatable bonds is 5. The Hall–Kier alpha value is -0.380. The first kappa shape index (κ1) is 9.62. The molecule has 0 bridgehead atoms. The molecule has 0 fully saturated rings. The van der Waals surface area contributed by atoms with Gasteiger partial charge >= 0.3 is 0 Å². The van der Waals surface area contributed by atoms with Crippen molar-refractivity contribution in [1.29, 1.82) is 0 Å². The molecule has 0 spiro atoms. The number of nitrogens with one attached hydrogen (secondary N) is 1. The first-order valence-corrected chi connectivity index (χ1v) is 3.41. The third-order valence-electron chi connectivity index (χ3n) is 1.28. The molecule has 3 N–H and O–H groups in total. The molecule has 3 nitrogen and oxygen atoms in total. The highest BCUT2D eigenvalue weighted by atomic mass is 16.5. The molecule has 0 heterocycles. The lowest BCUT2D eigenvalue weighted by molar-refractivity contribution is 0.131. The van der Waals surface area contributed by atoms with E-state index in [1.165, 1.54) is 0 Å². The van der Waals surface area contributed by atoms with Crippen molar-refractivity contribution in [1.82, 2.24) is 5.43 Å². The van der Waals surface area contributed by atoms with Crippen LogP contribution in [0.2, 0.25) is 0 Å². The average Bonchev–Trinajstić information content (AvgIpc) is 1.89. The molecule has 0 aromatic carbocycles. The van der Waals surface area contributed by atoms with Gasteiger partial charge in [-0.1, -0.05) is 12.2 Å². The number of hydrogen-bond donors (Lipinski definition) is 2. The molecule has 0 aromatic heterocycles. The molecule has 0 saturated heterocycles. The summed E-state index contributed by atoms with van der Waals surface area (Å²) in [6, 6.07) is 0.0833. The van der Waals surface area contributed by atoms with E-state index in [4.69, 9.17) is 10.6 Å². The highest BCUT2D eigenvalue weighted by Gasteiger charge is 2.04. The SMILES string of the molecule is C=C(C)C(COCC)NN. The molecule has 10 heavy (non-hydrogen) atoms. The zero-order valence-electron chi connectivity index (χ0n) is 6.68. The minimum atomic E-state index is 0.0833. The summed E-state index contributed by atoms with van der Waals surface area (Å²) in [6.45, 7) is 8.94. The molecule has 0 aliphatic heterocycles. The Morgan fingerprint density at radius 3 is 2.70 bits per heavy atom. The third kappa shape index (κ3) is 3.61. The topological polar surface area (TPSA) is 47.3 Å². The van der Waals surface area contributed by atoms with Crippen LogP contribution in [0.25, 0.3) is 0 Å². The maximum absolute atomic E-state index is 5.22. The van der Waals surface area contributed by atoms with Gasteiger partial charge in [-0.25, -0.2) is 0 Å². The number of nitrogens with two attached hydrogens (primary N) is 1. The van der Waals surface area contributed by atoms with E-state index in [0.717, 1.165) is 5.57 Å². The van der Waals surface area contributed by atoms with Crippen LogP contribution in [-0.2, 0) is 4.74 Å². The molecule has 0 amide bonds. The van der Waals surface area contributed by atoms with E-state index >= 15 is 0 Å². The Kier molecular flexibility index (Phi) is 5.20. The van der Waals surface area contributed by atoms with Crippen LogP contribution in [0.3, 0.4) is 0 Å². The molecule has 0 aromatic rings. The largest absolute Gasteiger partial charge is 0.380 e. The summed E-state index contributed by atoms with van der Waals surface area (Å²) in [6.07, 6.45) is 0. The van der Waals surface area contributed by atoms with Gasteiger partial charge < -0.3 is 4.74 Å². The van der Waals surface area contributed by atoms with E-state index in [1.807, 2.05) is 13.8 Å². The van der Waals surface area contributed by atoms with Gasteiger partial charge in [0.2, 0.25) is 0 Å². The molecule has 60 valence electrons. The van der Waals surface area contributed by atoms with Crippen LogP contribution in [0.1, 0.15) is 13.8 Å². The highest BCUT2D eigenvalue weighted by Crippen LogP contribution is 1.96. The minimum absolute atomic E-state index is 0.0833. The van der Waals surface area contributed by atoms with Gasteiger partial charge in [-0.3, -0.25) is 11.3 Å². The first-order valence-electron chi connectivity index (χ1n) is 3.41. The zero-order chi connectivity index (χ0) is 7.98. The van der Waals surface area contributed by atoms with Gasteiger partial charge in [-0.15, -0.1) is 0 Å². The van der Waals surface area contributed by atoms with Crippen LogP contribution >= 0.6 is 0 Å². The van der Waals surface area contributed by atoms with Crippen LogP contribution < -0.4 is 11.3 Å². The number of hydrazine groups is 1. The van der Waals surface area contributed by atoms with Gasteiger partial charge in [-0.05, 0) is 13.8 Å². The maximum Gasteiger partial charge on any atom is 0.0670 e. The normalized spacial score (nSPS) is 13.1. The summed E-state index contributed by atoms with van der Waals surface area (Å²) in [5, 5.41) is 0. The van der Waals surface area contributed by atoms with E-state index in [2.05, 4.69) is 12.0 Å². The molecule has 1 atom stereocenters. The van der Waals surface area contributed by atoms with Gasteiger partial charge in [0.25, 0.3) is 0 Å². The summed E-state index contributed by atoms with van der Waals surface area (Å²) in [4.78, 5) is 0. The fraction of sp³-hybridized carbons (Fsp3) is 0.714. The van der Waals surface area contributed by atoms with Crippen molar-refractivity contribution in [3.05, 3.63) is 12.2 Å². The maximum atomic E-state index is 5.22. The molecule has 0 rings (SSSR count). The monoisotopic (exact) mass is 144 g/mol. The van der Waals surface area contributed by atoms with Crippen LogP contribution in [0.5, 0.6) is 0 Å². The summed E-state index contributed by atoms with van der Waals surface area (Å²) in [5.74, 6) is 5.22. The second kappa shape index (κ2) is 5.41. The molecular formula is C7H16N2O. The zero-order valence-corrected chi connectivity index (χ0v) is 6.68. The molecule has 3 heteroatoms. The van der Waals surface area contributed by atoms with Crippen LogP contribution in [0, 0.1) is 0 Å². The molecular weight excluding hydrogens is 128 g/mol. The molecule has 0 aliphatic carbocycles. The smallest absolute Gasteiger partial charge is 0.0670 e. The fourth-order valence-corrected chi connectivity index (χ4v) is 0.568. The number of hydrogen-bond acceptors (Lipinski definition) is 3. The Bertz CT molecular complexity index is 104. The van der Waals surface area contributed by atoms with Crippen molar-refractivity contribution >= 4 is 0 Å². The summed E-state index contributed by atoms with van der Waals surface area (Å²) in [5.41, 5.74) is 3.61. The van der Waals surface area contributed by atoms with Crippen LogP contribution in [-0.4, -0.2) is 19.3 Å². The van der Waals surface area contributed by atoms with Crippen molar-refractivity contribution < 1.29 is 4.74 Å². The average molecular weight is 144 g/mol. The lowest BCUT2D eigenvalue weighted by Gasteiger charge is -2.14. The van der Waals surface area contributed by atoms with Crippen molar-refractivity contribution in [2.75, 3.05) is 13.2 Å². The van der Waals surface area contributed by atoms with E-state index in [-0.39, 0.29) is 6.04 Å². The Morgan fingerprint density at radius 2 is 2.40 bits per heavy atom. The lowest BCUT2D eigenvalue weighted by atomic mass is 10.2. The Balaban J connectivity index is 3.50. The van der Waals surface area contributed by atoms with Gasteiger partial charge in [-0.2, -0.15) is 0 Å². The second-order valence-corrected chi connectivity index (χ2v) is 2.23. The second-order valence-electron chi connectivity index (χ2n) is 2.23. The summed E-state index contributed by atoms with van der Waals surface area (Å²) >= 11 is 0. The van der Waals surface area contributed by atoms with Gasteiger partial charge in [0.05, 0.1) is 12.6 Å². The lowest BCUT2D eigenvalue weighted by Crippen LogP contribution is -2.39. The Labute approximate surface area is 62.2 Å². The minimum Gasteiger partial charge on any atom is -0.380 e. The van der Waals surface area contributed by atoms with Gasteiger partial charge in [0, 0.05) is 6.61 Å². The van der Waals surface area contributed by atoms with Gasteiger partial charge in [0.1, 0.15) is 0 Å². The quantitative estimate of drug-likeness (QED) is 0.334. The summed E-state index contributed by atoms with van der Waals surface area (Å²) < 4.78 is 5.14. The molecule has 0 radical (unpaired) electrons. The van der Waals surface area contributed by atoms with Gasteiger partial charge in [0.15, 0.2) is 0 Å². The van der Waals surface area contributed by atoms with E-state index in [9.17, 15) is 0 Å². The van der Waals surface area contributed by atoms with Crippen molar-refractivity contribution in [2.24, 2.45) is 5.84 Å². The van der Waals surface area contributed by atoms with E-state index < -0.39 is 0 Å². The fourth-order valence-electron chi connectivity index (χ4n) is 0.568. The van der Waals surface area contributed by atoms with E-state index in [0.29, 0.717) is 13.2 Å². The van der Waals surface area contributed by atoms with Crippen LogP contribution in [0.4, 0.5) is 0 Å². The van der Waals surface area contributed by atoms with Crippen molar-refractivity contribution in [3.8, 4) is 0 Å². The molecule has 0 saturated carbocycles. The van der Waals surface area contributed by atoms with Crippen molar-refractivity contribution in [3.63, 3.8) is 0 Å². The number of ether oxygens (including phenoxy) is 1. The highest BCUT2D eigenvalue weighted by molar-refractivity contribution is 5.00. The van der Waals surface area contributed by atoms with Crippen molar-refractivity contribution in [2.45, 2.75) is 19.9 Å². The Morgan fingerprint density at radius 1 is 1.80 bits per heavy atom. The predicted octanol–water partition coefficient (Wildman–Crippen LogP) is 0.431. The summed E-state index contributed by atoms with van der Waals surface area (Å²) in [7, 11) is 0. The standard InChI is InChI=1S/C7H16N2O/c1-4-10-5-7(9-8)6(2)3/h7,9H,2,4-5,8H2,1,3H3. The molecule has 1 unspecified atom stereocenters. The van der Waals surface area contributed by atoms with Crippen LogP contribution in [0.15, 0.2) is 12.2 Å².